The zero-order valence-corrected chi connectivity index (χ0v) is 17.5. The van der Waals surface area contributed by atoms with Gasteiger partial charge in [-0.1, -0.05) is 56.1 Å². The molecule has 2 aliphatic rings. The molecule has 0 amide bonds. The van der Waals surface area contributed by atoms with Gasteiger partial charge in [0.2, 0.25) is 5.88 Å². The number of hydrogen-bond donors (Lipinski definition) is 1. The van der Waals surface area contributed by atoms with Crippen LogP contribution in [-0.2, 0) is 4.74 Å². The van der Waals surface area contributed by atoms with Crippen LogP contribution in [0.15, 0.2) is 85.8 Å². The molecule has 1 aliphatic carbocycles. The first kappa shape index (κ1) is 18.1. The van der Waals surface area contributed by atoms with E-state index in [1.165, 1.54) is 0 Å². The van der Waals surface area contributed by atoms with Crippen molar-refractivity contribution in [3.63, 3.8) is 0 Å². The lowest BCUT2D eigenvalue weighted by Crippen LogP contribution is -2.19. The van der Waals surface area contributed by atoms with Crippen molar-refractivity contribution >= 4 is 37.9 Å². The molecule has 27 heavy (non-hydrogen) atoms. The molecule has 2 N–H and O–H groups in total. The van der Waals surface area contributed by atoms with Crippen molar-refractivity contribution in [2.45, 2.75) is 18.8 Å². The van der Waals surface area contributed by atoms with Gasteiger partial charge in [0.1, 0.15) is 17.4 Å². The molecule has 4 rings (SSSR count). The Morgan fingerprint density at radius 2 is 1.81 bits per heavy atom. The minimum Gasteiger partial charge on any atom is -0.440 e. The zero-order valence-electron chi connectivity index (χ0n) is 14.4. The van der Waals surface area contributed by atoms with Crippen molar-refractivity contribution in [2.24, 2.45) is 5.73 Å². The van der Waals surface area contributed by atoms with Crippen LogP contribution < -0.4 is 5.73 Å². The molecule has 0 saturated heterocycles. The Bertz CT molecular complexity index is 1060. The molecule has 134 valence electrons. The molecule has 1 heterocycles. The SMILES string of the molecule is N#CC1=C(N)OC2=C(CC/C2=C\c2cccc(Br)c2)C1c1cccc(Br)c1. The number of nitrogens with two attached hydrogens (primary N) is 1. The lowest BCUT2D eigenvalue weighted by molar-refractivity contribution is 0.292. The van der Waals surface area contributed by atoms with Crippen molar-refractivity contribution in [1.29, 1.82) is 5.26 Å². The molecule has 0 saturated carbocycles. The summed E-state index contributed by atoms with van der Waals surface area (Å²) in [5.74, 6) is 0.851. The van der Waals surface area contributed by atoms with Gasteiger partial charge in [0.15, 0.2) is 0 Å². The second kappa shape index (κ2) is 7.38. The second-order valence-corrected chi connectivity index (χ2v) is 8.39. The van der Waals surface area contributed by atoms with Gasteiger partial charge in [0.05, 0.1) is 0 Å². The molecule has 0 spiro atoms. The zero-order chi connectivity index (χ0) is 19.0. The van der Waals surface area contributed by atoms with Crippen molar-refractivity contribution < 1.29 is 4.74 Å². The molecule has 0 aromatic heterocycles. The molecule has 0 bridgehead atoms. The van der Waals surface area contributed by atoms with E-state index in [0.29, 0.717) is 5.57 Å². The van der Waals surface area contributed by atoms with Crippen LogP contribution in [-0.4, -0.2) is 0 Å². The first-order valence-electron chi connectivity index (χ1n) is 8.59. The first-order valence-corrected chi connectivity index (χ1v) is 10.2. The number of halogens is 2. The van der Waals surface area contributed by atoms with Gasteiger partial charge in [-0.15, -0.1) is 0 Å². The van der Waals surface area contributed by atoms with Gasteiger partial charge < -0.3 is 10.5 Å². The van der Waals surface area contributed by atoms with Gasteiger partial charge in [-0.25, -0.2) is 0 Å². The summed E-state index contributed by atoms with van der Waals surface area (Å²) in [6, 6.07) is 18.4. The highest BCUT2D eigenvalue weighted by Crippen LogP contribution is 2.48. The summed E-state index contributed by atoms with van der Waals surface area (Å²) in [6.45, 7) is 0. The molecule has 1 aliphatic heterocycles. The topological polar surface area (TPSA) is 59.0 Å². The predicted molar refractivity (Wildman–Crippen MR) is 113 cm³/mol. The molecule has 1 atom stereocenters. The normalized spacial score (nSPS) is 20.5. The van der Waals surface area contributed by atoms with E-state index in [2.05, 4.69) is 56.1 Å². The fourth-order valence-corrected chi connectivity index (χ4v) is 4.53. The number of benzene rings is 2. The lowest BCUT2D eigenvalue weighted by atomic mass is 9.83. The third-order valence-corrected chi connectivity index (χ3v) is 5.84. The quantitative estimate of drug-likeness (QED) is 0.557. The summed E-state index contributed by atoms with van der Waals surface area (Å²) in [7, 11) is 0. The van der Waals surface area contributed by atoms with Gasteiger partial charge in [-0.2, -0.15) is 5.26 Å². The minimum absolute atomic E-state index is 0.162. The first-order chi connectivity index (χ1) is 13.1. The van der Waals surface area contributed by atoms with E-state index in [1.807, 2.05) is 36.4 Å². The highest BCUT2D eigenvalue weighted by molar-refractivity contribution is 9.10. The number of ether oxygens (including phenoxy) is 1. The van der Waals surface area contributed by atoms with Crippen molar-refractivity contribution in [3.05, 3.63) is 97.0 Å². The Kier molecular flexibility index (Phi) is 4.94. The molecule has 1 unspecified atom stereocenters. The Hall–Kier alpha value is -2.29. The van der Waals surface area contributed by atoms with Crippen LogP contribution in [0.1, 0.15) is 29.9 Å². The molecule has 0 radical (unpaired) electrons. The summed E-state index contributed by atoms with van der Waals surface area (Å²) in [5, 5.41) is 9.69. The number of rotatable bonds is 2. The summed E-state index contributed by atoms with van der Waals surface area (Å²) in [5.41, 5.74) is 11.0. The number of hydrogen-bond acceptors (Lipinski definition) is 3. The monoisotopic (exact) mass is 482 g/mol. The molecule has 3 nitrogen and oxygen atoms in total. The minimum atomic E-state index is -0.162. The van der Waals surface area contributed by atoms with E-state index in [9.17, 15) is 5.26 Å². The molecule has 2 aromatic rings. The maximum atomic E-state index is 9.69. The van der Waals surface area contributed by atoms with Crippen molar-refractivity contribution in [2.75, 3.05) is 0 Å². The van der Waals surface area contributed by atoms with Gasteiger partial charge in [-0.3, -0.25) is 0 Å². The van der Waals surface area contributed by atoms with E-state index in [1.54, 1.807) is 0 Å². The van der Waals surface area contributed by atoms with Gasteiger partial charge in [-0.05, 0) is 65.5 Å². The number of allylic oxidation sites excluding steroid dienone is 3. The van der Waals surface area contributed by atoms with Crippen LogP contribution in [0.2, 0.25) is 0 Å². The van der Waals surface area contributed by atoms with Crippen LogP contribution in [0, 0.1) is 11.3 Å². The van der Waals surface area contributed by atoms with E-state index in [0.717, 1.165) is 49.8 Å². The summed E-state index contributed by atoms with van der Waals surface area (Å²) in [4.78, 5) is 0. The Labute approximate surface area is 175 Å². The largest absolute Gasteiger partial charge is 0.440 e. The predicted octanol–water partition coefficient (Wildman–Crippen LogP) is 6.15. The second-order valence-electron chi connectivity index (χ2n) is 6.56. The Balaban J connectivity index is 1.81. The van der Waals surface area contributed by atoms with Crippen LogP contribution in [0.3, 0.4) is 0 Å². The smallest absolute Gasteiger partial charge is 0.205 e. The fourth-order valence-electron chi connectivity index (χ4n) is 3.70. The van der Waals surface area contributed by atoms with Gasteiger partial charge in [0.25, 0.3) is 0 Å². The Morgan fingerprint density at radius 3 is 2.52 bits per heavy atom. The Morgan fingerprint density at radius 1 is 1.07 bits per heavy atom. The van der Waals surface area contributed by atoms with E-state index >= 15 is 0 Å². The van der Waals surface area contributed by atoms with E-state index in [-0.39, 0.29) is 11.8 Å². The molecule has 5 heteroatoms. The molecule has 2 aromatic carbocycles. The maximum absolute atomic E-state index is 9.69. The van der Waals surface area contributed by atoms with Crippen LogP contribution >= 0.6 is 31.9 Å². The van der Waals surface area contributed by atoms with Crippen molar-refractivity contribution in [3.8, 4) is 6.07 Å². The fraction of sp³-hybridized carbons (Fsp3) is 0.136. The maximum Gasteiger partial charge on any atom is 0.205 e. The van der Waals surface area contributed by atoms with Crippen LogP contribution in [0.5, 0.6) is 0 Å². The van der Waals surface area contributed by atoms with E-state index in [4.69, 9.17) is 10.5 Å². The lowest BCUT2D eigenvalue weighted by Gasteiger charge is -2.26. The third-order valence-electron chi connectivity index (χ3n) is 4.85. The van der Waals surface area contributed by atoms with Gasteiger partial charge >= 0.3 is 0 Å². The highest BCUT2D eigenvalue weighted by atomic mass is 79.9. The molecule has 0 fully saturated rings. The number of nitriles is 1. The van der Waals surface area contributed by atoms with E-state index < -0.39 is 0 Å². The number of nitrogens with zero attached hydrogens (tertiary/aromatic N) is 1. The third kappa shape index (κ3) is 3.47. The van der Waals surface area contributed by atoms with Crippen molar-refractivity contribution in [1.82, 2.24) is 0 Å². The molecular formula is C22H16Br2N2O. The summed E-state index contributed by atoms with van der Waals surface area (Å²) < 4.78 is 7.95. The summed E-state index contributed by atoms with van der Waals surface area (Å²) >= 11 is 7.04. The highest BCUT2D eigenvalue weighted by Gasteiger charge is 2.37. The standard InChI is InChI=1S/C22H16Br2N2O/c23-16-5-1-3-13(10-16)9-15-7-8-18-20(14-4-2-6-17(24)11-14)19(12-25)22(26)27-21(15)18/h1-6,9-11,20H,7-8,26H2/b15-9+. The van der Waals surface area contributed by atoms with Crippen LogP contribution in [0.4, 0.5) is 0 Å². The van der Waals surface area contributed by atoms with Gasteiger partial charge in [0, 0.05) is 14.9 Å². The summed E-state index contributed by atoms with van der Waals surface area (Å²) in [6.07, 6.45) is 3.86. The molecular weight excluding hydrogens is 468 g/mol. The average molecular weight is 484 g/mol. The average Bonchev–Trinajstić information content (AvgIpc) is 3.02. The van der Waals surface area contributed by atoms with Crippen LogP contribution in [0.25, 0.3) is 6.08 Å².